The molecule has 0 unspecified atom stereocenters. The minimum Gasteiger partial charge on any atom is -0.492 e. The number of hydrogen-bond acceptors (Lipinski definition) is 3. The minimum absolute atomic E-state index is 0.0116. The summed E-state index contributed by atoms with van der Waals surface area (Å²) in [5.74, 6) is -0.0116. The first-order valence-electron chi connectivity index (χ1n) is 2.78. The molecule has 4 nitrogen and oxygen atoms in total. The number of fused-ring (bicyclic) bond motifs is 1. The van der Waals surface area contributed by atoms with Gasteiger partial charge < -0.3 is 5.11 Å². The van der Waals surface area contributed by atoms with E-state index in [0.29, 0.717) is 10.9 Å². The molecular weight excluding hydrogens is 130 g/mol. The molecule has 1 N–H and O–H groups in total. The molecule has 0 aliphatic carbocycles. The lowest BCUT2D eigenvalue weighted by Gasteiger charge is -1.77. The zero-order valence-corrected chi connectivity index (χ0v) is 5.15. The first-order chi connectivity index (χ1) is 4.79. The molecule has 0 radical (unpaired) electrons. The Hall–Kier alpha value is -1.58. The quantitative estimate of drug-likeness (QED) is 0.533. The molecule has 0 spiro atoms. The smallest absolute Gasteiger partial charge is 0.239 e. The fourth-order valence-corrected chi connectivity index (χ4v) is 0.910. The van der Waals surface area contributed by atoms with Crippen LogP contribution in [0.3, 0.4) is 0 Å². The highest BCUT2D eigenvalue weighted by molar-refractivity contribution is 5.55. The van der Waals surface area contributed by atoms with Gasteiger partial charge in [-0.2, -0.15) is 0 Å². The Morgan fingerprint density at radius 2 is 2.10 bits per heavy atom. The molecule has 0 fully saturated rings. The van der Waals surface area contributed by atoms with Crippen LogP contribution in [0.25, 0.3) is 12.1 Å². The summed E-state index contributed by atoms with van der Waals surface area (Å²) in [5.41, 5.74) is 0.583. The van der Waals surface area contributed by atoms with Crippen LogP contribution in [-0.4, -0.2) is 19.5 Å². The Morgan fingerprint density at radius 3 is 2.80 bits per heavy atom. The number of rotatable bonds is 0. The van der Waals surface area contributed by atoms with Crippen molar-refractivity contribution >= 4 is 12.1 Å². The predicted octanol–water partition coefficient (Wildman–Crippen LogP) is -0.436. The Labute approximate surface area is 56.4 Å². The molecule has 4 heteroatoms. The van der Waals surface area contributed by atoms with E-state index >= 15 is 0 Å². The summed E-state index contributed by atoms with van der Waals surface area (Å²) in [5, 5.41) is 9.62. The minimum atomic E-state index is -0.0116. The van der Waals surface area contributed by atoms with Crippen LogP contribution in [0, 0.1) is 0 Å². The topological polar surface area (TPSA) is 50.4 Å². The van der Waals surface area contributed by atoms with Crippen molar-refractivity contribution in [3.63, 3.8) is 0 Å². The summed E-state index contributed by atoms with van der Waals surface area (Å²) in [6.07, 6.45) is 3.05. The number of imidazole rings is 2. The maximum Gasteiger partial charge on any atom is 0.239 e. The zero-order chi connectivity index (χ0) is 7.14. The number of aromatic hydroxyl groups is 1. The van der Waals surface area contributed by atoms with Crippen LogP contribution in [0.2, 0.25) is 0 Å². The second kappa shape index (κ2) is 1.47. The van der Waals surface area contributed by atoms with E-state index in [4.69, 9.17) is 5.11 Å². The van der Waals surface area contributed by atoms with Crippen LogP contribution in [0.4, 0.5) is 0 Å². The Bertz CT molecular complexity index is 406. The standard InChI is InChI=1S/C6H5N3O/c1-4-5-6(10)8-3-9(5)2-7-4/h2-3,10H,1H2. The van der Waals surface area contributed by atoms with E-state index in [2.05, 4.69) is 16.5 Å². The average Bonchev–Trinajstić information content (AvgIpc) is 2.40. The molecular formula is C6H5N3O. The SMILES string of the molecule is C=c1ncn2cnc(O)c12. The van der Waals surface area contributed by atoms with Gasteiger partial charge in [0.2, 0.25) is 5.88 Å². The van der Waals surface area contributed by atoms with Gasteiger partial charge in [-0.3, -0.25) is 4.40 Å². The van der Waals surface area contributed by atoms with Crippen molar-refractivity contribution < 1.29 is 5.11 Å². The third-order valence-corrected chi connectivity index (χ3v) is 1.39. The van der Waals surface area contributed by atoms with Crippen molar-refractivity contribution in [1.29, 1.82) is 0 Å². The van der Waals surface area contributed by atoms with Crippen LogP contribution >= 0.6 is 0 Å². The average molecular weight is 135 g/mol. The number of hydrogen-bond donors (Lipinski definition) is 1. The Kier molecular flexibility index (Phi) is 0.768. The molecule has 0 atom stereocenters. The van der Waals surface area contributed by atoms with E-state index in [1.807, 2.05) is 0 Å². The van der Waals surface area contributed by atoms with Gasteiger partial charge in [0.25, 0.3) is 0 Å². The van der Waals surface area contributed by atoms with Gasteiger partial charge in [0, 0.05) is 0 Å². The lowest BCUT2D eigenvalue weighted by molar-refractivity contribution is 0.462. The summed E-state index contributed by atoms with van der Waals surface area (Å²) in [6, 6.07) is 0. The van der Waals surface area contributed by atoms with Crippen LogP contribution < -0.4 is 5.35 Å². The van der Waals surface area contributed by atoms with Gasteiger partial charge in [-0.05, 0) is 0 Å². The first kappa shape index (κ1) is 5.22. The fraction of sp³-hybridized carbons (Fsp3) is 0. The van der Waals surface area contributed by atoms with E-state index < -0.39 is 0 Å². The lowest BCUT2D eigenvalue weighted by atomic mass is 10.5. The highest BCUT2D eigenvalue weighted by Crippen LogP contribution is 2.08. The summed E-state index contributed by atoms with van der Waals surface area (Å²) < 4.78 is 1.62. The molecule has 0 aromatic carbocycles. The van der Waals surface area contributed by atoms with Gasteiger partial charge in [-0.25, -0.2) is 9.97 Å². The molecule has 0 amide bonds. The molecule has 2 aromatic rings. The molecule has 0 aliphatic rings. The normalized spacial score (nSPS) is 10.8. The van der Waals surface area contributed by atoms with Crippen molar-refractivity contribution in [2.75, 3.05) is 0 Å². The van der Waals surface area contributed by atoms with Crippen LogP contribution in [-0.2, 0) is 0 Å². The van der Waals surface area contributed by atoms with Gasteiger partial charge in [0.1, 0.15) is 18.2 Å². The van der Waals surface area contributed by atoms with Crippen molar-refractivity contribution in [2.24, 2.45) is 0 Å². The highest BCUT2D eigenvalue weighted by atomic mass is 16.3. The van der Waals surface area contributed by atoms with Gasteiger partial charge in [-0.1, -0.05) is 6.58 Å². The third kappa shape index (κ3) is 0.452. The van der Waals surface area contributed by atoms with Crippen molar-refractivity contribution in [3.8, 4) is 5.88 Å². The van der Waals surface area contributed by atoms with Gasteiger partial charge in [0.15, 0.2) is 0 Å². The van der Waals surface area contributed by atoms with Gasteiger partial charge in [-0.15, -0.1) is 0 Å². The zero-order valence-electron chi connectivity index (χ0n) is 5.15. The van der Waals surface area contributed by atoms with Crippen molar-refractivity contribution in [3.05, 3.63) is 18.0 Å². The summed E-state index contributed by atoms with van der Waals surface area (Å²) in [7, 11) is 0. The summed E-state index contributed by atoms with van der Waals surface area (Å²) in [4.78, 5) is 7.52. The van der Waals surface area contributed by atoms with E-state index in [-0.39, 0.29) is 5.88 Å². The highest BCUT2D eigenvalue weighted by Gasteiger charge is 2.02. The molecule has 10 heavy (non-hydrogen) atoms. The maximum absolute atomic E-state index is 9.07. The predicted molar refractivity (Wildman–Crippen MR) is 35.4 cm³/mol. The van der Waals surface area contributed by atoms with E-state index in [9.17, 15) is 0 Å². The second-order valence-electron chi connectivity index (χ2n) is 2.02. The fourth-order valence-electron chi connectivity index (χ4n) is 0.910. The summed E-state index contributed by atoms with van der Waals surface area (Å²) >= 11 is 0. The largest absolute Gasteiger partial charge is 0.492 e. The third-order valence-electron chi connectivity index (χ3n) is 1.39. The Morgan fingerprint density at radius 1 is 1.40 bits per heavy atom. The van der Waals surface area contributed by atoms with E-state index in [1.165, 1.54) is 6.33 Å². The lowest BCUT2D eigenvalue weighted by Crippen LogP contribution is -1.96. The van der Waals surface area contributed by atoms with Gasteiger partial charge >= 0.3 is 0 Å². The van der Waals surface area contributed by atoms with E-state index in [1.54, 1.807) is 10.7 Å². The Balaban J connectivity index is 3.12. The molecule has 2 heterocycles. The summed E-state index contributed by atoms with van der Waals surface area (Å²) in [6.45, 7) is 3.61. The second-order valence-corrected chi connectivity index (χ2v) is 2.02. The molecule has 50 valence electrons. The van der Waals surface area contributed by atoms with E-state index in [0.717, 1.165) is 0 Å². The van der Waals surface area contributed by atoms with Crippen molar-refractivity contribution in [2.45, 2.75) is 0 Å². The molecule has 2 aromatic heterocycles. The van der Waals surface area contributed by atoms with Crippen molar-refractivity contribution in [1.82, 2.24) is 14.4 Å². The van der Waals surface area contributed by atoms with Crippen LogP contribution in [0.5, 0.6) is 5.88 Å². The molecule has 0 aliphatic heterocycles. The van der Waals surface area contributed by atoms with Crippen LogP contribution in [0.1, 0.15) is 0 Å². The molecule has 0 bridgehead atoms. The number of nitrogens with zero attached hydrogens (tertiary/aromatic N) is 3. The first-order valence-corrected chi connectivity index (χ1v) is 2.78. The van der Waals surface area contributed by atoms with Crippen LogP contribution in [0.15, 0.2) is 12.7 Å². The maximum atomic E-state index is 9.07. The molecule has 0 saturated heterocycles. The van der Waals surface area contributed by atoms with Gasteiger partial charge in [0.05, 0.1) is 5.35 Å². The number of aromatic nitrogens is 3. The molecule has 2 rings (SSSR count). The molecule has 0 saturated carbocycles. The monoisotopic (exact) mass is 135 g/mol.